The van der Waals surface area contributed by atoms with E-state index in [1.54, 1.807) is 23.5 Å². The molecule has 4 aromatic rings. The Morgan fingerprint density at radius 2 is 1.69 bits per heavy atom. The third-order valence-electron chi connectivity index (χ3n) is 7.17. The lowest BCUT2D eigenvalue weighted by molar-refractivity contribution is 0.0996. The van der Waals surface area contributed by atoms with E-state index in [1.165, 1.54) is 46.2 Å². The van der Waals surface area contributed by atoms with Gasteiger partial charge in [0.25, 0.3) is 5.91 Å². The SMILES string of the molecule is Cc1sc(NC(=O)c2ccco2)c(C(c2ccccc2)N2CCC(Cc3ccccc3)CC2)c1C. The molecule has 1 N–H and O–H groups in total. The molecule has 0 aliphatic carbocycles. The van der Waals surface area contributed by atoms with E-state index in [9.17, 15) is 4.79 Å². The van der Waals surface area contributed by atoms with Gasteiger partial charge in [-0.05, 0) is 80.9 Å². The average molecular weight is 485 g/mol. The standard InChI is InChI=1S/C30H32N2O2S/c1-21-22(2)35-30(31-29(33)26-14-9-19-34-26)27(21)28(25-12-7-4-8-13-25)32-17-15-24(16-18-32)20-23-10-5-3-6-11-23/h3-14,19,24,28H,15-18,20H2,1-2H3,(H,31,33). The number of piperidine rings is 1. The van der Waals surface area contributed by atoms with Crippen molar-refractivity contribution in [3.63, 3.8) is 0 Å². The second-order valence-electron chi connectivity index (χ2n) is 9.44. The lowest BCUT2D eigenvalue weighted by atomic mass is 9.87. The highest BCUT2D eigenvalue weighted by Gasteiger charge is 2.32. The average Bonchev–Trinajstić information content (AvgIpc) is 3.52. The Morgan fingerprint density at radius 3 is 2.34 bits per heavy atom. The van der Waals surface area contributed by atoms with E-state index in [-0.39, 0.29) is 11.9 Å². The molecule has 1 saturated heterocycles. The lowest BCUT2D eigenvalue weighted by Gasteiger charge is -2.38. The van der Waals surface area contributed by atoms with Crippen LogP contribution in [0.15, 0.2) is 83.5 Å². The molecule has 1 atom stereocenters. The summed E-state index contributed by atoms with van der Waals surface area (Å²) in [6, 6.07) is 25.1. The van der Waals surface area contributed by atoms with E-state index >= 15 is 0 Å². The fraction of sp³-hybridized carbons (Fsp3) is 0.300. The fourth-order valence-electron chi connectivity index (χ4n) is 5.20. The maximum Gasteiger partial charge on any atom is 0.291 e. The first-order valence-electron chi connectivity index (χ1n) is 12.4. The van der Waals surface area contributed by atoms with Crippen molar-refractivity contribution in [2.75, 3.05) is 18.4 Å². The first-order chi connectivity index (χ1) is 17.1. The van der Waals surface area contributed by atoms with Crippen LogP contribution in [-0.4, -0.2) is 23.9 Å². The van der Waals surface area contributed by atoms with E-state index in [1.807, 2.05) is 0 Å². The summed E-state index contributed by atoms with van der Waals surface area (Å²) in [5.41, 5.74) is 5.16. The van der Waals surface area contributed by atoms with Gasteiger partial charge in [-0.15, -0.1) is 11.3 Å². The van der Waals surface area contributed by atoms with Crippen LogP contribution in [0.5, 0.6) is 0 Å². The molecule has 0 radical (unpaired) electrons. The van der Waals surface area contributed by atoms with Crippen molar-refractivity contribution >= 4 is 22.2 Å². The maximum atomic E-state index is 12.9. The molecule has 1 fully saturated rings. The van der Waals surface area contributed by atoms with Gasteiger partial charge in [0, 0.05) is 10.4 Å². The Hall–Kier alpha value is -3.15. The Labute approximate surface area is 211 Å². The van der Waals surface area contributed by atoms with Crippen LogP contribution in [0.2, 0.25) is 0 Å². The van der Waals surface area contributed by atoms with E-state index in [2.05, 4.69) is 84.7 Å². The van der Waals surface area contributed by atoms with Crippen molar-refractivity contribution in [3.8, 4) is 0 Å². The number of benzene rings is 2. The number of rotatable bonds is 7. The number of furan rings is 1. The lowest BCUT2D eigenvalue weighted by Crippen LogP contribution is -2.38. The normalized spacial score (nSPS) is 15.7. The molecule has 35 heavy (non-hydrogen) atoms. The molecule has 2 aromatic carbocycles. The fourth-order valence-corrected chi connectivity index (χ4v) is 6.28. The van der Waals surface area contributed by atoms with E-state index in [0.717, 1.165) is 24.5 Å². The van der Waals surface area contributed by atoms with Crippen LogP contribution >= 0.6 is 11.3 Å². The molecule has 0 saturated carbocycles. The van der Waals surface area contributed by atoms with E-state index in [4.69, 9.17) is 4.42 Å². The van der Waals surface area contributed by atoms with E-state index in [0.29, 0.717) is 11.7 Å². The molecule has 4 nitrogen and oxygen atoms in total. The molecule has 1 aliphatic heterocycles. The summed E-state index contributed by atoms with van der Waals surface area (Å²) < 4.78 is 5.35. The number of anilines is 1. The predicted molar refractivity (Wildman–Crippen MR) is 143 cm³/mol. The predicted octanol–water partition coefficient (Wildman–Crippen LogP) is 7.25. The van der Waals surface area contributed by atoms with Gasteiger partial charge in [0.1, 0.15) is 5.00 Å². The number of hydrogen-bond donors (Lipinski definition) is 1. The Balaban J connectivity index is 1.42. The number of hydrogen-bond acceptors (Lipinski definition) is 4. The molecule has 5 rings (SSSR count). The van der Waals surface area contributed by atoms with Crippen molar-refractivity contribution in [3.05, 3.63) is 112 Å². The van der Waals surface area contributed by atoms with Gasteiger partial charge in [-0.25, -0.2) is 0 Å². The molecule has 1 unspecified atom stereocenters. The van der Waals surface area contributed by atoms with E-state index < -0.39 is 0 Å². The highest BCUT2D eigenvalue weighted by molar-refractivity contribution is 7.16. The topological polar surface area (TPSA) is 45.5 Å². The van der Waals surface area contributed by atoms with Crippen molar-refractivity contribution in [1.29, 1.82) is 0 Å². The second kappa shape index (κ2) is 10.6. The number of carbonyl (C=O) groups is 1. The number of aryl methyl sites for hydroxylation is 1. The summed E-state index contributed by atoms with van der Waals surface area (Å²) in [6.45, 7) is 6.40. The second-order valence-corrected chi connectivity index (χ2v) is 10.7. The minimum absolute atomic E-state index is 0.103. The summed E-state index contributed by atoms with van der Waals surface area (Å²) >= 11 is 1.66. The molecule has 1 aliphatic rings. The zero-order valence-corrected chi connectivity index (χ0v) is 21.2. The van der Waals surface area contributed by atoms with Gasteiger partial charge in [0.2, 0.25) is 0 Å². The van der Waals surface area contributed by atoms with Gasteiger partial charge in [-0.3, -0.25) is 9.69 Å². The molecule has 2 aromatic heterocycles. The van der Waals surface area contributed by atoms with Crippen LogP contribution in [-0.2, 0) is 6.42 Å². The minimum Gasteiger partial charge on any atom is -0.459 e. The quantitative estimate of drug-likeness (QED) is 0.300. The summed E-state index contributed by atoms with van der Waals surface area (Å²) in [6.07, 6.45) is 5.03. The van der Waals surface area contributed by atoms with Crippen LogP contribution in [0.1, 0.15) is 56.6 Å². The van der Waals surface area contributed by atoms with Crippen molar-refractivity contribution in [2.24, 2.45) is 5.92 Å². The summed E-state index contributed by atoms with van der Waals surface area (Å²) in [5, 5.41) is 4.08. The highest BCUT2D eigenvalue weighted by atomic mass is 32.1. The third kappa shape index (κ3) is 5.26. The van der Waals surface area contributed by atoms with Crippen molar-refractivity contribution in [2.45, 2.75) is 39.2 Å². The summed E-state index contributed by atoms with van der Waals surface area (Å²) in [5.74, 6) is 0.831. The molecule has 5 heteroatoms. The zero-order chi connectivity index (χ0) is 24.2. The van der Waals surface area contributed by atoms with Gasteiger partial charge in [-0.1, -0.05) is 60.7 Å². The number of nitrogens with zero attached hydrogens (tertiary/aromatic N) is 1. The van der Waals surface area contributed by atoms with Gasteiger partial charge in [0.05, 0.1) is 12.3 Å². The largest absolute Gasteiger partial charge is 0.459 e. The number of amides is 1. The van der Waals surface area contributed by atoms with Crippen molar-refractivity contribution < 1.29 is 9.21 Å². The zero-order valence-electron chi connectivity index (χ0n) is 20.4. The Morgan fingerprint density at radius 1 is 1.00 bits per heavy atom. The van der Waals surface area contributed by atoms with Crippen LogP contribution in [0, 0.1) is 19.8 Å². The highest BCUT2D eigenvalue weighted by Crippen LogP contribution is 2.43. The number of thiophene rings is 1. The van der Waals surface area contributed by atoms with Crippen LogP contribution in [0.4, 0.5) is 5.00 Å². The Bertz CT molecular complexity index is 1240. The molecule has 3 heterocycles. The molecular formula is C30H32N2O2S. The number of likely N-dealkylation sites (tertiary alicyclic amines) is 1. The molecular weight excluding hydrogens is 452 g/mol. The third-order valence-corrected chi connectivity index (χ3v) is 8.31. The first-order valence-corrected chi connectivity index (χ1v) is 13.2. The Kier molecular flexibility index (Phi) is 7.16. The van der Waals surface area contributed by atoms with Crippen LogP contribution in [0.25, 0.3) is 0 Å². The molecule has 0 bridgehead atoms. The molecule has 180 valence electrons. The molecule has 0 spiro atoms. The summed E-state index contributed by atoms with van der Waals surface area (Å²) in [4.78, 5) is 16.7. The van der Waals surface area contributed by atoms with Gasteiger partial charge in [-0.2, -0.15) is 0 Å². The first kappa shape index (κ1) is 23.6. The summed E-state index contributed by atoms with van der Waals surface area (Å²) in [7, 11) is 0. The van der Waals surface area contributed by atoms with Crippen LogP contribution in [0.3, 0.4) is 0 Å². The van der Waals surface area contributed by atoms with Gasteiger partial charge in [0.15, 0.2) is 5.76 Å². The van der Waals surface area contributed by atoms with Gasteiger partial charge >= 0.3 is 0 Å². The van der Waals surface area contributed by atoms with Crippen LogP contribution < -0.4 is 5.32 Å². The smallest absolute Gasteiger partial charge is 0.291 e. The van der Waals surface area contributed by atoms with Crippen molar-refractivity contribution in [1.82, 2.24) is 4.90 Å². The monoisotopic (exact) mass is 484 g/mol. The number of nitrogens with one attached hydrogen (secondary N) is 1. The maximum absolute atomic E-state index is 12.9. The van der Waals surface area contributed by atoms with Gasteiger partial charge < -0.3 is 9.73 Å². The minimum atomic E-state index is -0.203. The molecule has 1 amide bonds. The number of carbonyl (C=O) groups excluding carboxylic acids is 1.